The fourth-order valence-corrected chi connectivity index (χ4v) is 6.61. The van der Waals surface area contributed by atoms with Gasteiger partial charge in [0.2, 0.25) is 0 Å². The van der Waals surface area contributed by atoms with Crippen molar-refractivity contribution in [2.75, 3.05) is 26.3 Å². The van der Waals surface area contributed by atoms with Crippen molar-refractivity contribution in [3.05, 3.63) is 64.5 Å². The van der Waals surface area contributed by atoms with Crippen LogP contribution in [0.2, 0.25) is 0 Å². The van der Waals surface area contributed by atoms with Crippen molar-refractivity contribution in [1.29, 1.82) is 0 Å². The van der Waals surface area contributed by atoms with Gasteiger partial charge in [0.25, 0.3) is 5.91 Å². The van der Waals surface area contributed by atoms with E-state index in [0.717, 1.165) is 0 Å². The number of carbonyl (C=O) groups excluding carboxylic acids is 3. The lowest BCUT2D eigenvalue weighted by molar-refractivity contribution is 0.0682. The van der Waals surface area contributed by atoms with Gasteiger partial charge >= 0.3 is 0 Å². The van der Waals surface area contributed by atoms with Crippen molar-refractivity contribution in [3.8, 4) is 5.75 Å². The average molecular weight is 736 g/mol. The summed E-state index contributed by atoms with van der Waals surface area (Å²) in [5.74, 6) is -3.90. The van der Waals surface area contributed by atoms with Crippen LogP contribution in [0.1, 0.15) is 42.7 Å². The summed E-state index contributed by atoms with van der Waals surface area (Å²) in [4.78, 5) is 46.1. The number of amides is 1. The largest absolute Gasteiger partial charge is 0.505 e. The van der Waals surface area contributed by atoms with Gasteiger partial charge in [0.05, 0.1) is 24.3 Å². The molecule has 0 saturated heterocycles. The third kappa shape index (κ3) is 4.27. The van der Waals surface area contributed by atoms with E-state index < -0.39 is 29.1 Å². The third-order valence-electron chi connectivity index (χ3n) is 5.69. The number of pyridine rings is 1. The van der Waals surface area contributed by atoms with Crippen molar-refractivity contribution in [1.82, 2.24) is 9.88 Å². The van der Waals surface area contributed by atoms with E-state index in [2.05, 4.69) is 68.7 Å². The second kappa shape index (κ2) is 10.3. The lowest BCUT2D eigenvalue weighted by Crippen LogP contribution is -2.36. The zero-order valence-corrected chi connectivity index (χ0v) is 24.0. The SMILES string of the molecule is O=C1c2c(Br)c(Br)c(Br)c(Br)c2C(=O)C1c1nc2ccccc2c(C(=O)N(CCO)CCO)c1O. The van der Waals surface area contributed by atoms with Gasteiger partial charge in [-0.15, -0.1) is 0 Å². The van der Waals surface area contributed by atoms with Crippen LogP contribution in [0.25, 0.3) is 10.9 Å². The maximum atomic E-state index is 13.5. The first kappa shape index (κ1) is 26.4. The minimum Gasteiger partial charge on any atom is -0.505 e. The lowest BCUT2D eigenvalue weighted by Gasteiger charge is -2.23. The minimum absolute atomic E-state index is 0.0838. The molecule has 0 bridgehead atoms. The number of hydrogen-bond acceptors (Lipinski definition) is 7. The van der Waals surface area contributed by atoms with Gasteiger partial charge in [-0.05, 0) is 69.8 Å². The van der Waals surface area contributed by atoms with Crippen molar-refractivity contribution >= 4 is 92.1 Å². The van der Waals surface area contributed by atoms with Gasteiger partial charge in [0.15, 0.2) is 17.3 Å². The molecule has 1 heterocycles. The Hall–Kier alpha value is -1.70. The lowest BCUT2D eigenvalue weighted by atomic mass is 9.94. The van der Waals surface area contributed by atoms with Gasteiger partial charge < -0.3 is 20.2 Å². The zero-order valence-electron chi connectivity index (χ0n) is 17.7. The molecule has 0 fully saturated rings. The van der Waals surface area contributed by atoms with E-state index in [1.54, 1.807) is 24.3 Å². The van der Waals surface area contributed by atoms with Crippen LogP contribution in [0.5, 0.6) is 5.75 Å². The molecule has 1 aliphatic carbocycles. The van der Waals surface area contributed by atoms with Crippen LogP contribution in [0.3, 0.4) is 0 Å². The summed E-state index contributed by atoms with van der Waals surface area (Å²) < 4.78 is 1.80. The first-order valence-electron chi connectivity index (χ1n) is 10.2. The Morgan fingerprint density at radius 1 is 0.886 bits per heavy atom. The second-order valence-corrected chi connectivity index (χ2v) is 10.8. The number of nitrogens with zero attached hydrogens (tertiary/aromatic N) is 2. The topological polar surface area (TPSA) is 128 Å². The molecular formula is C23H16Br4N2O6. The molecule has 8 nitrogen and oxygen atoms in total. The predicted octanol–water partition coefficient (Wildman–Crippen LogP) is 4.58. The van der Waals surface area contributed by atoms with Crippen molar-refractivity contribution < 1.29 is 29.7 Å². The van der Waals surface area contributed by atoms with E-state index in [4.69, 9.17) is 0 Å². The summed E-state index contributed by atoms with van der Waals surface area (Å²) in [5.41, 5.74) is 0.160. The smallest absolute Gasteiger partial charge is 0.258 e. The number of ketones is 2. The molecule has 1 amide bonds. The molecule has 1 aromatic heterocycles. The summed E-state index contributed by atoms with van der Waals surface area (Å²) in [6.45, 7) is -0.884. The maximum Gasteiger partial charge on any atom is 0.258 e. The molecule has 35 heavy (non-hydrogen) atoms. The first-order valence-corrected chi connectivity index (χ1v) is 13.4. The van der Waals surface area contributed by atoms with Crippen LogP contribution in [0.15, 0.2) is 42.2 Å². The Balaban J connectivity index is 1.96. The van der Waals surface area contributed by atoms with Crippen LogP contribution >= 0.6 is 63.7 Å². The van der Waals surface area contributed by atoms with Crippen molar-refractivity contribution in [2.45, 2.75) is 5.92 Å². The highest BCUT2D eigenvalue weighted by Crippen LogP contribution is 2.49. The maximum absolute atomic E-state index is 13.5. The van der Waals surface area contributed by atoms with E-state index in [9.17, 15) is 29.7 Å². The molecule has 4 rings (SSSR count). The molecule has 0 saturated carbocycles. The van der Waals surface area contributed by atoms with Crippen LogP contribution in [-0.4, -0.2) is 69.0 Å². The Morgan fingerprint density at radius 3 is 1.91 bits per heavy atom. The first-order chi connectivity index (χ1) is 16.6. The Labute approximate surface area is 232 Å². The van der Waals surface area contributed by atoms with Gasteiger partial charge in [-0.2, -0.15) is 0 Å². The highest BCUT2D eigenvalue weighted by Gasteiger charge is 2.46. The third-order valence-corrected chi connectivity index (χ3v) is 10.5. The predicted molar refractivity (Wildman–Crippen MR) is 142 cm³/mol. The molecule has 2 aromatic carbocycles. The van der Waals surface area contributed by atoms with Crippen LogP contribution in [0.4, 0.5) is 0 Å². The molecule has 0 aliphatic heterocycles. The number of aliphatic hydroxyl groups excluding tert-OH is 2. The van der Waals surface area contributed by atoms with E-state index in [-0.39, 0.29) is 48.7 Å². The number of carbonyl (C=O) groups is 3. The number of Topliss-reactive ketones (excluding diaryl/α,β-unsaturated/α-hetero) is 2. The number of halogens is 4. The number of benzene rings is 2. The molecule has 0 spiro atoms. The Kier molecular flexibility index (Phi) is 7.79. The minimum atomic E-state index is -1.47. The van der Waals surface area contributed by atoms with Gasteiger partial charge in [0, 0.05) is 47.5 Å². The summed E-state index contributed by atoms with van der Waals surface area (Å²) in [6, 6.07) is 6.53. The summed E-state index contributed by atoms with van der Waals surface area (Å²) in [6.07, 6.45) is 0. The van der Waals surface area contributed by atoms with Crippen molar-refractivity contribution in [2.24, 2.45) is 0 Å². The fourth-order valence-electron chi connectivity index (χ4n) is 4.10. The number of fused-ring (bicyclic) bond motifs is 2. The molecule has 182 valence electrons. The number of para-hydroxylation sites is 1. The number of aromatic hydroxyl groups is 1. The Morgan fingerprint density at radius 2 is 1.40 bits per heavy atom. The van der Waals surface area contributed by atoms with Crippen molar-refractivity contribution in [3.63, 3.8) is 0 Å². The number of aromatic nitrogens is 1. The van der Waals surface area contributed by atoms with E-state index in [0.29, 0.717) is 28.8 Å². The van der Waals surface area contributed by atoms with Gasteiger partial charge in [-0.1, -0.05) is 18.2 Å². The number of rotatable bonds is 6. The van der Waals surface area contributed by atoms with E-state index >= 15 is 0 Å². The van der Waals surface area contributed by atoms with Crippen LogP contribution in [0, 0.1) is 0 Å². The van der Waals surface area contributed by atoms with Gasteiger partial charge in [-0.3, -0.25) is 14.4 Å². The molecular weight excluding hydrogens is 720 g/mol. The van der Waals surface area contributed by atoms with Gasteiger partial charge in [-0.25, -0.2) is 4.98 Å². The molecule has 0 radical (unpaired) electrons. The highest BCUT2D eigenvalue weighted by atomic mass is 79.9. The quantitative estimate of drug-likeness (QED) is 0.192. The Bertz CT molecular complexity index is 1360. The molecule has 0 unspecified atom stereocenters. The second-order valence-electron chi connectivity index (χ2n) is 7.64. The standard InChI is InChI=1S/C23H16Br4N2O6/c24-15-12-13(16(25)18(27)17(15)26)21(33)14(20(12)32)19-22(34)11(9-3-1-2-4-10(9)28-19)23(35)29(5-7-30)6-8-31/h1-4,14,30-31,34H,5-8H2. The summed E-state index contributed by atoms with van der Waals surface area (Å²) in [7, 11) is 0. The van der Waals surface area contributed by atoms with Crippen LogP contribution < -0.4 is 0 Å². The fraction of sp³-hybridized carbons (Fsp3) is 0.217. The molecule has 12 heteroatoms. The number of aliphatic hydroxyl groups is 2. The normalized spacial score (nSPS) is 13.5. The number of hydrogen-bond donors (Lipinski definition) is 3. The van der Waals surface area contributed by atoms with E-state index in [1.165, 1.54) is 4.90 Å². The van der Waals surface area contributed by atoms with E-state index in [1.807, 2.05) is 0 Å². The van der Waals surface area contributed by atoms with Gasteiger partial charge in [0.1, 0.15) is 11.6 Å². The summed E-state index contributed by atoms with van der Waals surface area (Å²) >= 11 is 13.5. The molecule has 3 N–H and O–H groups in total. The molecule has 1 aliphatic rings. The zero-order chi connectivity index (χ0) is 25.6. The highest BCUT2D eigenvalue weighted by molar-refractivity contribution is 9.15. The monoisotopic (exact) mass is 732 g/mol. The average Bonchev–Trinajstić information content (AvgIpc) is 3.10. The van der Waals surface area contributed by atoms with Crippen LogP contribution in [-0.2, 0) is 0 Å². The summed E-state index contributed by atoms with van der Waals surface area (Å²) in [5, 5.41) is 30.4. The molecule has 0 atom stereocenters. The molecule has 3 aromatic rings.